The van der Waals surface area contributed by atoms with Gasteiger partial charge in [-0.1, -0.05) is 0 Å². The zero-order chi connectivity index (χ0) is 15.3. The van der Waals surface area contributed by atoms with Crippen molar-refractivity contribution < 1.29 is 9.72 Å². The van der Waals surface area contributed by atoms with Crippen LogP contribution in [0.3, 0.4) is 0 Å². The summed E-state index contributed by atoms with van der Waals surface area (Å²) in [5.74, 6) is 0.0839. The van der Waals surface area contributed by atoms with Gasteiger partial charge in [0.2, 0.25) is 11.7 Å². The highest BCUT2D eigenvalue weighted by Gasteiger charge is 2.25. The van der Waals surface area contributed by atoms with Crippen LogP contribution in [-0.2, 0) is 4.79 Å². The third-order valence-corrected chi connectivity index (χ3v) is 2.87. The molecule has 0 radical (unpaired) electrons. The van der Waals surface area contributed by atoms with E-state index in [1.807, 2.05) is 13.8 Å². The van der Waals surface area contributed by atoms with Crippen molar-refractivity contribution in [3.8, 4) is 0 Å². The molecule has 8 nitrogen and oxygen atoms in total. The molecule has 112 valence electrons. The van der Waals surface area contributed by atoms with Gasteiger partial charge < -0.3 is 11.1 Å². The average Bonchev–Trinajstić information content (AvgIpc) is 2.65. The van der Waals surface area contributed by atoms with Crippen LogP contribution in [0, 0.1) is 17.0 Å². The fourth-order valence-corrected chi connectivity index (χ4v) is 1.93. The van der Waals surface area contributed by atoms with Crippen molar-refractivity contribution in [2.24, 2.45) is 5.73 Å². The number of nitrogens with zero attached hydrogens (tertiary/aromatic N) is 3. The zero-order valence-corrected chi connectivity index (χ0v) is 12.0. The summed E-state index contributed by atoms with van der Waals surface area (Å²) in [6, 6.07) is 0.0236. The second-order valence-electron chi connectivity index (χ2n) is 4.93. The first-order chi connectivity index (χ1) is 9.34. The summed E-state index contributed by atoms with van der Waals surface area (Å²) in [5, 5.41) is 18.4. The summed E-state index contributed by atoms with van der Waals surface area (Å²) in [6.07, 6.45) is 1.69. The highest BCUT2D eigenvalue weighted by Crippen LogP contribution is 2.30. The molecule has 0 saturated carbocycles. The van der Waals surface area contributed by atoms with Crippen LogP contribution in [0.25, 0.3) is 0 Å². The Morgan fingerprint density at radius 3 is 2.65 bits per heavy atom. The molecule has 0 aliphatic rings. The minimum absolute atomic E-state index is 0.00796. The first-order valence-electron chi connectivity index (χ1n) is 6.60. The number of carbonyl (C=O) groups is 1. The lowest BCUT2D eigenvalue weighted by molar-refractivity contribution is -0.384. The Morgan fingerprint density at radius 1 is 1.50 bits per heavy atom. The number of nitrogens with two attached hydrogens (primary N) is 1. The molecule has 0 saturated heterocycles. The van der Waals surface area contributed by atoms with Gasteiger partial charge in [0.25, 0.3) is 0 Å². The van der Waals surface area contributed by atoms with Gasteiger partial charge in [-0.25, -0.2) is 4.68 Å². The van der Waals surface area contributed by atoms with E-state index >= 15 is 0 Å². The molecule has 1 aromatic rings. The van der Waals surface area contributed by atoms with E-state index in [0.717, 1.165) is 0 Å². The van der Waals surface area contributed by atoms with Crippen LogP contribution in [0.5, 0.6) is 0 Å². The standard InChI is InChI=1S/C12H21N5O3/c1-8(2)16-12(11(17(19)20)9(3)15-16)14-7-5-4-6-10(13)18/h8,14H,4-7H2,1-3H3,(H2,13,18). The van der Waals surface area contributed by atoms with E-state index in [1.54, 1.807) is 11.6 Å². The molecule has 8 heteroatoms. The minimum atomic E-state index is -0.424. The van der Waals surface area contributed by atoms with E-state index in [1.165, 1.54) is 0 Å². The van der Waals surface area contributed by atoms with Crippen molar-refractivity contribution in [2.75, 3.05) is 11.9 Å². The molecule has 0 bridgehead atoms. The number of hydrogen-bond donors (Lipinski definition) is 2. The number of hydrogen-bond acceptors (Lipinski definition) is 5. The SMILES string of the molecule is Cc1nn(C(C)C)c(NCCCCC(N)=O)c1[N+](=O)[O-]. The molecule has 0 spiro atoms. The third-order valence-electron chi connectivity index (χ3n) is 2.87. The summed E-state index contributed by atoms with van der Waals surface area (Å²) < 4.78 is 1.61. The molecule has 1 aromatic heterocycles. The Labute approximate surface area is 117 Å². The monoisotopic (exact) mass is 283 g/mol. The van der Waals surface area contributed by atoms with Gasteiger partial charge in [-0.15, -0.1) is 0 Å². The number of primary amides is 1. The molecule has 0 aliphatic carbocycles. The Balaban J connectivity index is 2.76. The van der Waals surface area contributed by atoms with Gasteiger partial charge in [-0.2, -0.15) is 5.10 Å². The molecule has 3 N–H and O–H groups in total. The molecule has 1 amide bonds. The largest absolute Gasteiger partial charge is 0.370 e. The lowest BCUT2D eigenvalue weighted by Gasteiger charge is -2.11. The van der Waals surface area contributed by atoms with Gasteiger partial charge in [0.15, 0.2) is 0 Å². The van der Waals surface area contributed by atoms with Gasteiger partial charge >= 0.3 is 5.69 Å². The number of nitrogens with one attached hydrogen (secondary N) is 1. The third kappa shape index (κ3) is 3.94. The summed E-state index contributed by atoms with van der Waals surface area (Å²) >= 11 is 0. The number of rotatable bonds is 8. The van der Waals surface area contributed by atoms with Gasteiger partial charge in [-0.3, -0.25) is 14.9 Å². The molecule has 1 rings (SSSR count). The normalized spacial score (nSPS) is 10.8. The molecule has 0 fully saturated rings. The van der Waals surface area contributed by atoms with Crippen molar-refractivity contribution in [3.05, 3.63) is 15.8 Å². The van der Waals surface area contributed by atoms with Crippen LogP contribution in [-0.4, -0.2) is 27.2 Å². The number of carbonyl (C=O) groups excluding carboxylic acids is 1. The fraction of sp³-hybridized carbons (Fsp3) is 0.667. The van der Waals surface area contributed by atoms with Crippen molar-refractivity contribution >= 4 is 17.4 Å². The lowest BCUT2D eigenvalue weighted by atomic mass is 10.2. The number of anilines is 1. The molecule has 0 aliphatic heterocycles. The molecule has 0 unspecified atom stereocenters. The maximum Gasteiger partial charge on any atom is 0.333 e. The van der Waals surface area contributed by atoms with Crippen molar-refractivity contribution in [1.82, 2.24) is 9.78 Å². The second-order valence-corrected chi connectivity index (χ2v) is 4.93. The van der Waals surface area contributed by atoms with E-state index in [0.29, 0.717) is 37.3 Å². The maximum absolute atomic E-state index is 11.1. The smallest absolute Gasteiger partial charge is 0.333 e. The summed E-state index contributed by atoms with van der Waals surface area (Å²) in [7, 11) is 0. The number of nitro groups is 1. The second kappa shape index (κ2) is 6.88. The van der Waals surface area contributed by atoms with Crippen molar-refractivity contribution in [2.45, 2.75) is 46.1 Å². The Bertz CT molecular complexity index is 496. The summed E-state index contributed by atoms with van der Waals surface area (Å²) in [5.41, 5.74) is 5.45. The maximum atomic E-state index is 11.1. The average molecular weight is 283 g/mol. The lowest BCUT2D eigenvalue weighted by Crippen LogP contribution is -2.13. The molecule has 20 heavy (non-hydrogen) atoms. The van der Waals surface area contributed by atoms with E-state index in [4.69, 9.17) is 5.73 Å². The van der Waals surface area contributed by atoms with Crippen molar-refractivity contribution in [1.29, 1.82) is 0 Å². The van der Waals surface area contributed by atoms with Crippen LogP contribution in [0.2, 0.25) is 0 Å². The Hall–Kier alpha value is -2.12. The Morgan fingerprint density at radius 2 is 2.15 bits per heavy atom. The summed E-state index contributed by atoms with van der Waals surface area (Å²) in [4.78, 5) is 21.3. The number of unbranched alkanes of at least 4 members (excludes halogenated alkanes) is 1. The van der Waals surface area contributed by atoms with Crippen LogP contribution in [0.1, 0.15) is 44.8 Å². The van der Waals surface area contributed by atoms with Gasteiger partial charge in [-0.05, 0) is 33.6 Å². The molecular weight excluding hydrogens is 262 g/mol. The van der Waals surface area contributed by atoms with Crippen LogP contribution >= 0.6 is 0 Å². The molecule has 0 atom stereocenters. The van der Waals surface area contributed by atoms with E-state index in [9.17, 15) is 14.9 Å². The topological polar surface area (TPSA) is 116 Å². The van der Waals surface area contributed by atoms with Gasteiger partial charge in [0.05, 0.1) is 4.92 Å². The number of aromatic nitrogens is 2. The molecule has 0 aromatic carbocycles. The first kappa shape index (κ1) is 15.9. The zero-order valence-electron chi connectivity index (χ0n) is 12.0. The first-order valence-corrected chi connectivity index (χ1v) is 6.60. The van der Waals surface area contributed by atoms with Gasteiger partial charge in [0, 0.05) is 19.0 Å². The number of aryl methyl sites for hydroxylation is 1. The highest BCUT2D eigenvalue weighted by molar-refractivity contribution is 5.73. The number of amides is 1. The van der Waals surface area contributed by atoms with E-state index in [-0.39, 0.29) is 17.6 Å². The predicted octanol–water partition coefficient (Wildman–Crippen LogP) is 1.75. The van der Waals surface area contributed by atoms with Crippen molar-refractivity contribution in [3.63, 3.8) is 0 Å². The van der Waals surface area contributed by atoms with E-state index in [2.05, 4.69) is 10.4 Å². The van der Waals surface area contributed by atoms with E-state index < -0.39 is 4.92 Å². The van der Waals surface area contributed by atoms with Crippen LogP contribution in [0.4, 0.5) is 11.5 Å². The van der Waals surface area contributed by atoms with Crippen LogP contribution in [0.15, 0.2) is 0 Å². The molecule has 1 heterocycles. The minimum Gasteiger partial charge on any atom is -0.370 e. The quantitative estimate of drug-likeness (QED) is 0.428. The van der Waals surface area contributed by atoms with Crippen LogP contribution < -0.4 is 11.1 Å². The fourth-order valence-electron chi connectivity index (χ4n) is 1.93. The Kier molecular flexibility index (Phi) is 5.48. The molecular formula is C12H21N5O3. The highest BCUT2D eigenvalue weighted by atomic mass is 16.6. The van der Waals surface area contributed by atoms with Gasteiger partial charge in [0.1, 0.15) is 5.69 Å². The predicted molar refractivity (Wildman–Crippen MR) is 75.5 cm³/mol. The summed E-state index contributed by atoms with van der Waals surface area (Å²) in [6.45, 7) is 5.98.